The van der Waals surface area contributed by atoms with Crippen LogP contribution >= 0.6 is 0 Å². The van der Waals surface area contributed by atoms with Crippen molar-refractivity contribution in [1.82, 2.24) is 10.0 Å². The van der Waals surface area contributed by atoms with E-state index < -0.39 is 5.97 Å². The van der Waals surface area contributed by atoms with Crippen molar-refractivity contribution in [2.75, 3.05) is 20.3 Å². The number of ether oxygens (including phenoxy) is 2. The van der Waals surface area contributed by atoms with Crippen LogP contribution in [0.25, 0.3) is 0 Å². The van der Waals surface area contributed by atoms with Crippen molar-refractivity contribution < 1.29 is 23.9 Å². The van der Waals surface area contributed by atoms with Gasteiger partial charge in [0.25, 0.3) is 11.8 Å². The fourth-order valence-electron chi connectivity index (χ4n) is 2.96. The predicted molar refractivity (Wildman–Crippen MR) is 90.7 cm³/mol. The van der Waals surface area contributed by atoms with Crippen LogP contribution in [0, 0.1) is 0 Å². The van der Waals surface area contributed by atoms with Crippen LogP contribution in [0.15, 0.2) is 48.5 Å². The summed E-state index contributed by atoms with van der Waals surface area (Å²) in [5, 5.41) is 2.90. The number of hydrogen-bond acceptors (Lipinski definition) is 6. The lowest BCUT2D eigenvalue weighted by molar-refractivity contribution is 0.0354. The molecule has 4 rings (SSSR count). The van der Waals surface area contributed by atoms with Crippen LogP contribution in [0.3, 0.4) is 0 Å². The quantitative estimate of drug-likeness (QED) is 0.464. The van der Waals surface area contributed by atoms with Gasteiger partial charge in [-0.25, -0.2) is 14.8 Å². The van der Waals surface area contributed by atoms with Gasteiger partial charge in [-0.2, -0.15) is 0 Å². The molecule has 2 aliphatic heterocycles. The first-order valence-corrected chi connectivity index (χ1v) is 8.15. The Hall–Kier alpha value is -3.19. The number of carbonyl (C=O) groups is 3. The minimum absolute atomic E-state index is 0.0440. The maximum atomic E-state index is 12.4. The van der Waals surface area contributed by atoms with Gasteiger partial charge >= 0.3 is 5.97 Å². The van der Waals surface area contributed by atoms with Gasteiger partial charge in [0.2, 0.25) is 0 Å². The van der Waals surface area contributed by atoms with E-state index >= 15 is 0 Å². The SMILES string of the molecule is COC(=O)c1ccc(OCC2CN2N2C(=O)c3ccccc3C2=O)cc1. The number of carbonyl (C=O) groups excluding carboxylic acids is 3. The molecule has 0 N–H and O–H groups in total. The molecule has 132 valence electrons. The van der Waals surface area contributed by atoms with Crippen LogP contribution in [0.4, 0.5) is 0 Å². The predicted octanol–water partition coefficient (Wildman–Crippen LogP) is 1.75. The Labute approximate surface area is 149 Å². The second-order valence-electron chi connectivity index (χ2n) is 6.07. The third kappa shape index (κ3) is 2.72. The summed E-state index contributed by atoms with van der Waals surface area (Å²) in [4.78, 5) is 36.2. The summed E-state index contributed by atoms with van der Waals surface area (Å²) in [6, 6.07) is 13.4. The average Bonchev–Trinajstić information content (AvgIpc) is 3.40. The Kier molecular flexibility index (Phi) is 3.93. The van der Waals surface area contributed by atoms with E-state index in [1.807, 2.05) is 0 Å². The molecule has 0 spiro atoms. The van der Waals surface area contributed by atoms with E-state index in [4.69, 9.17) is 4.74 Å². The lowest BCUT2D eigenvalue weighted by atomic mass is 10.1. The van der Waals surface area contributed by atoms with Crippen molar-refractivity contribution in [1.29, 1.82) is 0 Å². The minimum atomic E-state index is -0.407. The van der Waals surface area contributed by atoms with Gasteiger partial charge in [-0.3, -0.25) is 9.59 Å². The summed E-state index contributed by atoms with van der Waals surface area (Å²) >= 11 is 0. The third-order valence-corrected chi connectivity index (χ3v) is 4.43. The van der Waals surface area contributed by atoms with Gasteiger partial charge in [-0.1, -0.05) is 12.1 Å². The van der Waals surface area contributed by atoms with Gasteiger partial charge in [-0.15, -0.1) is 0 Å². The highest BCUT2D eigenvalue weighted by Crippen LogP contribution is 2.31. The average molecular weight is 352 g/mol. The third-order valence-electron chi connectivity index (χ3n) is 4.43. The number of benzene rings is 2. The summed E-state index contributed by atoms with van der Waals surface area (Å²) in [6.45, 7) is 0.913. The molecule has 7 nitrogen and oxygen atoms in total. The van der Waals surface area contributed by atoms with E-state index in [1.54, 1.807) is 53.5 Å². The molecule has 7 heteroatoms. The Morgan fingerprint density at radius 3 is 2.23 bits per heavy atom. The summed E-state index contributed by atoms with van der Waals surface area (Å²) < 4.78 is 10.3. The number of hydrazine groups is 1. The van der Waals surface area contributed by atoms with Crippen LogP contribution in [-0.4, -0.2) is 54.1 Å². The largest absolute Gasteiger partial charge is 0.492 e. The molecule has 0 bridgehead atoms. The first-order chi connectivity index (χ1) is 12.6. The Morgan fingerprint density at radius 2 is 1.65 bits per heavy atom. The van der Waals surface area contributed by atoms with Gasteiger partial charge in [0, 0.05) is 6.54 Å². The summed E-state index contributed by atoms with van der Waals surface area (Å²) in [6.07, 6.45) is 0. The van der Waals surface area contributed by atoms with Crippen molar-refractivity contribution in [3.05, 3.63) is 65.2 Å². The molecule has 2 unspecified atom stereocenters. The zero-order valence-corrected chi connectivity index (χ0v) is 14.0. The first-order valence-electron chi connectivity index (χ1n) is 8.15. The maximum absolute atomic E-state index is 12.4. The monoisotopic (exact) mass is 352 g/mol. The van der Waals surface area contributed by atoms with E-state index in [0.29, 0.717) is 35.6 Å². The van der Waals surface area contributed by atoms with Gasteiger partial charge in [-0.05, 0) is 36.4 Å². The van der Waals surface area contributed by atoms with E-state index in [-0.39, 0.29) is 17.9 Å². The molecule has 26 heavy (non-hydrogen) atoms. The fourth-order valence-corrected chi connectivity index (χ4v) is 2.96. The number of rotatable bonds is 5. The van der Waals surface area contributed by atoms with Crippen LogP contribution in [-0.2, 0) is 4.74 Å². The normalized spacial score (nSPS) is 20.7. The zero-order valence-electron chi connectivity index (χ0n) is 14.0. The molecule has 0 saturated carbocycles. The lowest BCUT2D eigenvalue weighted by Crippen LogP contribution is -2.37. The van der Waals surface area contributed by atoms with Crippen LogP contribution in [0.5, 0.6) is 5.75 Å². The number of fused-ring (bicyclic) bond motifs is 1. The summed E-state index contributed by atoms with van der Waals surface area (Å²) in [7, 11) is 1.33. The Balaban J connectivity index is 1.36. The van der Waals surface area contributed by atoms with Crippen molar-refractivity contribution in [3.63, 3.8) is 0 Å². The number of imide groups is 1. The summed E-state index contributed by atoms with van der Waals surface area (Å²) in [5.41, 5.74) is 1.31. The molecule has 2 amide bonds. The van der Waals surface area contributed by atoms with E-state index in [9.17, 15) is 14.4 Å². The number of hydrogen-bond donors (Lipinski definition) is 0. The minimum Gasteiger partial charge on any atom is -0.492 e. The van der Waals surface area contributed by atoms with E-state index in [1.165, 1.54) is 12.1 Å². The highest BCUT2D eigenvalue weighted by Gasteiger charge is 2.49. The molecule has 0 aromatic heterocycles. The molecule has 2 aromatic carbocycles. The molecular weight excluding hydrogens is 336 g/mol. The molecule has 0 radical (unpaired) electrons. The van der Waals surface area contributed by atoms with Gasteiger partial charge < -0.3 is 9.47 Å². The topological polar surface area (TPSA) is 75.9 Å². The number of nitrogens with zero attached hydrogens (tertiary/aromatic N) is 2. The van der Waals surface area contributed by atoms with Crippen LogP contribution < -0.4 is 4.74 Å². The van der Waals surface area contributed by atoms with E-state index in [0.717, 1.165) is 0 Å². The molecule has 2 aromatic rings. The number of methoxy groups -OCH3 is 1. The molecule has 1 fully saturated rings. The second-order valence-corrected chi connectivity index (χ2v) is 6.07. The smallest absolute Gasteiger partial charge is 0.337 e. The maximum Gasteiger partial charge on any atom is 0.337 e. The van der Waals surface area contributed by atoms with Gasteiger partial charge in [0.1, 0.15) is 12.4 Å². The Morgan fingerprint density at radius 1 is 1.04 bits per heavy atom. The van der Waals surface area contributed by atoms with Crippen LogP contribution in [0.2, 0.25) is 0 Å². The van der Waals surface area contributed by atoms with E-state index in [2.05, 4.69) is 4.74 Å². The Bertz CT molecular complexity index is 858. The molecule has 1 saturated heterocycles. The second kappa shape index (κ2) is 6.27. The number of esters is 1. The van der Waals surface area contributed by atoms with Gasteiger partial charge in [0.15, 0.2) is 0 Å². The van der Waals surface area contributed by atoms with Crippen molar-refractivity contribution >= 4 is 17.8 Å². The highest BCUT2D eigenvalue weighted by molar-refractivity contribution is 6.21. The summed E-state index contributed by atoms with van der Waals surface area (Å²) in [5.74, 6) is -0.395. The molecule has 2 aliphatic rings. The standard InChI is InChI=1S/C19H16N2O5/c1-25-19(24)12-6-8-14(9-7-12)26-11-13-10-20(13)21-17(22)15-4-2-3-5-16(15)18(21)23/h2-9,13H,10-11H2,1H3. The van der Waals surface area contributed by atoms with Gasteiger partial charge in [0.05, 0.1) is 29.8 Å². The van der Waals surface area contributed by atoms with Crippen molar-refractivity contribution in [2.24, 2.45) is 0 Å². The first kappa shape index (κ1) is 16.3. The lowest BCUT2D eigenvalue weighted by Gasteiger charge is -2.15. The molecule has 2 atom stereocenters. The fraction of sp³-hybridized carbons (Fsp3) is 0.211. The molecular formula is C19H16N2O5. The van der Waals surface area contributed by atoms with Crippen molar-refractivity contribution in [3.8, 4) is 5.75 Å². The number of amides is 2. The molecule has 2 heterocycles. The highest BCUT2D eigenvalue weighted by atomic mass is 16.5. The van der Waals surface area contributed by atoms with Crippen LogP contribution in [0.1, 0.15) is 31.1 Å². The zero-order chi connectivity index (χ0) is 18.3. The molecule has 0 aliphatic carbocycles. The van der Waals surface area contributed by atoms with Crippen molar-refractivity contribution in [2.45, 2.75) is 6.04 Å².